The quantitative estimate of drug-likeness (QED) is 0.817. The van der Waals surface area contributed by atoms with E-state index in [4.69, 9.17) is 10.5 Å². The maximum atomic E-state index is 12.1. The molecule has 0 aromatic heterocycles. The highest BCUT2D eigenvalue weighted by atomic mass is 35.5. The van der Waals surface area contributed by atoms with E-state index in [-0.39, 0.29) is 24.4 Å². The first kappa shape index (κ1) is 19.2. The van der Waals surface area contributed by atoms with E-state index in [0.717, 1.165) is 11.1 Å². The number of ether oxygens (including phenoxy) is 1. The Morgan fingerprint density at radius 3 is 2.22 bits per heavy atom. The average molecular weight is 335 g/mol. The predicted molar refractivity (Wildman–Crippen MR) is 94.6 cm³/mol. The highest BCUT2D eigenvalue weighted by molar-refractivity contribution is 5.85. The van der Waals surface area contributed by atoms with Crippen molar-refractivity contribution in [2.45, 2.75) is 18.6 Å². The SMILES string of the molecule is COC(CNC(=O)[C@@H](N)Cc1ccccc1)c1ccccc1.Cl. The lowest BCUT2D eigenvalue weighted by atomic mass is 10.1. The number of carbonyl (C=O) groups excluding carboxylic acids is 1. The number of rotatable bonds is 7. The highest BCUT2D eigenvalue weighted by Crippen LogP contribution is 2.14. The number of hydrogen-bond donors (Lipinski definition) is 2. The Labute approximate surface area is 143 Å². The first-order chi connectivity index (χ1) is 10.7. The van der Waals surface area contributed by atoms with Crippen LogP contribution in [-0.4, -0.2) is 25.6 Å². The minimum Gasteiger partial charge on any atom is -0.375 e. The Hall–Kier alpha value is -1.88. The zero-order valence-electron chi connectivity index (χ0n) is 13.1. The first-order valence-corrected chi connectivity index (χ1v) is 7.35. The first-order valence-electron chi connectivity index (χ1n) is 7.35. The van der Waals surface area contributed by atoms with Crippen LogP contribution in [0.2, 0.25) is 0 Å². The van der Waals surface area contributed by atoms with Crippen molar-refractivity contribution in [2.75, 3.05) is 13.7 Å². The number of nitrogens with one attached hydrogen (secondary N) is 1. The van der Waals surface area contributed by atoms with Gasteiger partial charge in [-0.3, -0.25) is 4.79 Å². The monoisotopic (exact) mass is 334 g/mol. The van der Waals surface area contributed by atoms with Gasteiger partial charge < -0.3 is 15.8 Å². The Bertz CT molecular complexity index is 578. The lowest BCUT2D eigenvalue weighted by molar-refractivity contribution is -0.122. The van der Waals surface area contributed by atoms with E-state index in [1.165, 1.54) is 0 Å². The van der Waals surface area contributed by atoms with Gasteiger partial charge in [-0.25, -0.2) is 0 Å². The molecule has 2 aromatic carbocycles. The summed E-state index contributed by atoms with van der Waals surface area (Å²) in [6.07, 6.45) is 0.351. The number of carbonyl (C=O) groups is 1. The minimum absolute atomic E-state index is 0. The summed E-state index contributed by atoms with van der Waals surface area (Å²) in [5.74, 6) is -0.165. The fourth-order valence-electron chi connectivity index (χ4n) is 2.29. The summed E-state index contributed by atoms with van der Waals surface area (Å²) in [5, 5.41) is 2.86. The molecule has 0 fully saturated rings. The van der Waals surface area contributed by atoms with E-state index in [0.29, 0.717) is 13.0 Å². The summed E-state index contributed by atoms with van der Waals surface area (Å²) in [6, 6.07) is 19.0. The lowest BCUT2D eigenvalue weighted by Crippen LogP contribution is -2.43. The van der Waals surface area contributed by atoms with E-state index in [9.17, 15) is 4.79 Å². The number of halogens is 1. The molecule has 1 unspecified atom stereocenters. The Morgan fingerprint density at radius 1 is 1.09 bits per heavy atom. The molecule has 0 saturated heterocycles. The van der Waals surface area contributed by atoms with Crippen molar-refractivity contribution >= 4 is 18.3 Å². The molecule has 5 heteroatoms. The second-order valence-electron chi connectivity index (χ2n) is 5.18. The largest absolute Gasteiger partial charge is 0.375 e. The van der Waals surface area contributed by atoms with Gasteiger partial charge in [0.25, 0.3) is 0 Å². The normalized spacial score (nSPS) is 12.8. The van der Waals surface area contributed by atoms with Gasteiger partial charge in [-0.05, 0) is 17.5 Å². The third-order valence-corrected chi connectivity index (χ3v) is 3.55. The zero-order valence-corrected chi connectivity index (χ0v) is 14.0. The Balaban J connectivity index is 0.00000264. The van der Waals surface area contributed by atoms with Gasteiger partial charge >= 0.3 is 0 Å². The molecule has 124 valence electrons. The minimum atomic E-state index is -0.560. The van der Waals surface area contributed by atoms with Gasteiger partial charge in [-0.1, -0.05) is 60.7 Å². The van der Waals surface area contributed by atoms with Gasteiger partial charge in [-0.15, -0.1) is 12.4 Å². The van der Waals surface area contributed by atoms with E-state index >= 15 is 0 Å². The van der Waals surface area contributed by atoms with Crippen LogP contribution >= 0.6 is 12.4 Å². The molecule has 0 spiro atoms. The Kier molecular flexibility index (Phi) is 8.33. The molecule has 0 aliphatic rings. The van der Waals surface area contributed by atoms with Crippen molar-refractivity contribution in [3.63, 3.8) is 0 Å². The van der Waals surface area contributed by atoms with E-state index in [2.05, 4.69) is 5.32 Å². The molecule has 2 atom stereocenters. The highest BCUT2D eigenvalue weighted by Gasteiger charge is 2.16. The molecule has 3 N–H and O–H groups in total. The molecule has 0 radical (unpaired) electrons. The van der Waals surface area contributed by atoms with Crippen LogP contribution in [0.15, 0.2) is 60.7 Å². The van der Waals surface area contributed by atoms with Crippen LogP contribution in [0.3, 0.4) is 0 Å². The summed E-state index contributed by atoms with van der Waals surface area (Å²) >= 11 is 0. The van der Waals surface area contributed by atoms with Crippen molar-refractivity contribution in [2.24, 2.45) is 5.73 Å². The molecule has 4 nitrogen and oxygen atoms in total. The standard InChI is InChI=1S/C18H22N2O2.ClH/c1-22-17(15-10-6-3-7-11-15)13-20-18(21)16(19)12-14-8-4-2-5-9-14;/h2-11,16-17H,12-13,19H2,1H3,(H,20,21);1H/t16-,17?;/m0./s1. The van der Waals surface area contributed by atoms with Crippen LogP contribution in [0.4, 0.5) is 0 Å². The van der Waals surface area contributed by atoms with E-state index < -0.39 is 6.04 Å². The fourth-order valence-corrected chi connectivity index (χ4v) is 2.29. The molecule has 2 aromatic rings. The predicted octanol–water partition coefficient (Wildman–Crippen LogP) is 2.48. The van der Waals surface area contributed by atoms with Crippen molar-refractivity contribution < 1.29 is 9.53 Å². The van der Waals surface area contributed by atoms with Crippen molar-refractivity contribution in [1.29, 1.82) is 0 Å². The molecule has 23 heavy (non-hydrogen) atoms. The van der Waals surface area contributed by atoms with Crippen LogP contribution in [0, 0.1) is 0 Å². The molecule has 0 heterocycles. The average Bonchev–Trinajstić information content (AvgIpc) is 2.57. The van der Waals surface area contributed by atoms with Crippen molar-refractivity contribution in [1.82, 2.24) is 5.32 Å². The second-order valence-corrected chi connectivity index (χ2v) is 5.18. The van der Waals surface area contributed by atoms with Crippen LogP contribution in [0.1, 0.15) is 17.2 Å². The van der Waals surface area contributed by atoms with Crippen LogP contribution in [0.25, 0.3) is 0 Å². The van der Waals surface area contributed by atoms with Gasteiger partial charge in [0.1, 0.15) is 0 Å². The summed E-state index contributed by atoms with van der Waals surface area (Å²) in [6.45, 7) is 0.405. The van der Waals surface area contributed by atoms with Crippen LogP contribution in [-0.2, 0) is 16.0 Å². The number of amides is 1. The molecule has 0 saturated carbocycles. The summed E-state index contributed by atoms with van der Waals surface area (Å²) in [4.78, 5) is 12.1. The second kappa shape index (κ2) is 10.0. The van der Waals surface area contributed by atoms with E-state index in [1.54, 1.807) is 7.11 Å². The van der Waals surface area contributed by atoms with Gasteiger partial charge in [0.05, 0.1) is 12.1 Å². The molecular weight excluding hydrogens is 312 g/mol. The molecule has 0 aliphatic heterocycles. The van der Waals surface area contributed by atoms with Crippen LogP contribution in [0.5, 0.6) is 0 Å². The maximum absolute atomic E-state index is 12.1. The molecule has 0 bridgehead atoms. The molecule has 0 aliphatic carbocycles. The third kappa shape index (κ3) is 6.02. The maximum Gasteiger partial charge on any atom is 0.237 e. The van der Waals surface area contributed by atoms with E-state index in [1.807, 2.05) is 60.7 Å². The number of benzene rings is 2. The molecular formula is C18H23ClN2O2. The lowest BCUT2D eigenvalue weighted by Gasteiger charge is -2.18. The fraction of sp³-hybridized carbons (Fsp3) is 0.278. The van der Waals surface area contributed by atoms with Crippen molar-refractivity contribution in [3.8, 4) is 0 Å². The summed E-state index contributed by atoms with van der Waals surface area (Å²) < 4.78 is 5.43. The summed E-state index contributed by atoms with van der Waals surface area (Å²) in [5.41, 5.74) is 8.04. The number of hydrogen-bond acceptors (Lipinski definition) is 3. The third-order valence-electron chi connectivity index (χ3n) is 3.55. The zero-order chi connectivity index (χ0) is 15.8. The summed E-state index contributed by atoms with van der Waals surface area (Å²) in [7, 11) is 1.63. The van der Waals surface area contributed by atoms with Gasteiger partial charge in [0.2, 0.25) is 5.91 Å². The van der Waals surface area contributed by atoms with Crippen LogP contribution < -0.4 is 11.1 Å². The van der Waals surface area contributed by atoms with Gasteiger partial charge in [-0.2, -0.15) is 0 Å². The molecule has 2 rings (SSSR count). The topological polar surface area (TPSA) is 64.3 Å². The molecule has 1 amide bonds. The van der Waals surface area contributed by atoms with Crippen molar-refractivity contribution in [3.05, 3.63) is 71.8 Å². The Morgan fingerprint density at radius 2 is 1.65 bits per heavy atom. The van der Waals surface area contributed by atoms with Gasteiger partial charge in [0.15, 0.2) is 0 Å². The number of methoxy groups -OCH3 is 1. The smallest absolute Gasteiger partial charge is 0.237 e. The van der Waals surface area contributed by atoms with Gasteiger partial charge in [0, 0.05) is 13.7 Å². The number of nitrogens with two attached hydrogens (primary N) is 1.